The average Bonchev–Trinajstić information content (AvgIpc) is 2.77. The molecule has 118 valence electrons. The number of hydrogen-bond acceptors (Lipinski definition) is 6. The van der Waals surface area contributed by atoms with Gasteiger partial charge in [-0.15, -0.1) is 0 Å². The van der Waals surface area contributed by atoms with Crippen LogP contribution in [0.2, 0.25) is 0 Å². The Morgan fingerprint density at radius 2 is 2.00 bits per heavy atom. The molecule has 1 fully saturated rings. The Bertz CT molecular complexity index is 578. The lowest BCUT2D eigenvalue weighted by atomic mass is 10.2. The molecule has 7 heteroatoms. The van der Waals surface area contributed by atoms with Gasteiger partial charge in [-0.05, 0) is 32.9 Å². The van der Waals surface area contributed by atoms with E-state index in [0.29, 0.717) is 0 Å². The Labute approximate surface area is 124 Å². The summed E-state index contributed by atoms with van der Waals surface area (Å²) in [6.45, 7) is 5.13. The van der Waals surface area contributed by atoms with Gasteiger partial charge in [0.1, 0.15) is 12.2 Å². The van der Waals surface area contributed by atoms with Crippen molar-refractivity contribution in [3.8, 4) is 0 Å². The van der Waals surface area contributed by atoms with Gasteiger partial charge < -0.3 is 14.6 Å². The van der Waals surface area contributed by atoms with Crippen LogP contribution < -0.4 is 0 Å². The first kappa shape index (κ1) is 16.4. The minimum atomic E-state index is -3.89. The zero-order valence-corrected chi connectivity index (χ0v) is 13.1. The molecule has 2 atom stereocenters. The number of benzene rings is 1. The zero-order chi connectivity index (χ0) is 15.7. The molecule has 21 heavy (non-hydrogen) atoms. The maximum atomic E-state index is 12.0. The summed E-state index contributed by atoms with van der Waals surface area (Å²) < 4.78 is 39.6. The molecule has 1 aromatic rings. The van der Waals surface area contributed by atoms with Crippen LogP contribution in [-0.2, 0) is 23.8 Å². The van der Waals surface area contributed by atoms with Crippen LogP contribution in [0.3, 0.4) is 0 Å². The molecule has 0 saturated carbocycles. The molecule has 0 radical (unpaired) electrons. The van der Waals surface area contributed by atoms with Crippen LogP contribution in [0.15, 0.2) is 29.2 Å². The van der Waals surface area contributed by atoms with Gasteiger partial charge in [0.25, 0.3) is 10.1 Å². The van der Waals surface area contributed by atoms with E-state index in [1.54, 1.807) is 26.0 Å². The van der Waals surface area contributed by atoms with Crippen LogP contribution in [0.1, 0.15) is 19.4 Å². The lowest BCUT2D eigenvalue weighted by Gasteiger charge is -2.20. The minimum absolute atomic E-state index is 0.0595. The summed E-state index contributed by atoms with van der Waals surface area (Å²) >= 11 is 0. The first-order valence-electron chi connectivity index (χ1n) is 6.65. The molecule has 0 spiro atoms. The van der Waals surface area contributed by atoms with E-state index in [1.807, 2.05) is 6.92 Å². The van der Waals surface area contributed by atoms with E-state index in [4.69, 9.17) is 13.7 Å². The quantitative estimate of drug-likeness (QED) is 0.822. The highest BCUT2D eigenvalue weighted by molar-refractivity contribution is 7.86. The standard InChI is InChI=1S/C14H20O6S/c1-10-4-6-11(7-5-10)21(16,17)19-8-12(15)13-9-18-14(2,3)20-13/h4-7,12-13,15H,8-9H2,1-3H3/t12-,13+/m0/s1. The molecule has 1 N–H and O–H groups in total. The van der Waals surface area contributed by atoms with Crippen molar-refractivity contribution in [1.29, 1.82) is 0 Å². The van der Waals surface area contributed by atoms with E-state index in [9.17, 15) is 13.5 Å². The normalized spacial score (nSPS) is 23.1. The van der Waals surface area contributed by atoms with Gasteiger partial charge in [-0.2, -0.15) is 8.42 Å². The largest absolute Gasteiger partial charge is 0.388 e. The van der Waals surface area contributed by atoms with Gasteiger partial charge in [0.2, 0.25) is 0 Å². The number of aliphatic hydroxyl groups is 1. The van der Waals surface area contributed by atoms with Crippen molar-refractivity contribution in [2.24, 2.45) is 0 Å². The second-order valence-electron chi connectivity index (χ2n) is 5.49. The van der Waals surface area contributed by atoms with Crippen molar-refractivity contribution in [2.75, 3.05) is 13.2 Å². The summed E-state index contributed by atoms with van der Waals surface area (Å²) in [5, 5.41) is 9.94. The second-order valence-corrected chi connectivity index (χ2v) is 7.10. The lowest BCUT2D eigenvalue weighted by molar-refractivity contribution is -0.152. The Hall–Kier alpha value is -0.990. The third kappa shape index (κ3) is 4.24. The predicted molar refractivity (Wildman–Crippen MR) is 75.2 cm³/mol. The van der Waals surface area contributed by atoms with Crippen LogP contribution in [0.5, 0.6) is 0 Å². The van der Waals surface area contributed by atoms with Crippen LogP contribution >= 0.6 is 0 Å². The number of ether oxygens (including phenoxy) is 2. The van der Waals surface area contributed by atoms with Crippen LogP contribution in [-0.4, -0.2) is 44.7 Å². The molecule has 0 bridgehead atoms. The predicted octanol–water partition coefficient (Wildman–Crippen LogP) is 1.21. The molecule has 0 unspecified atom stereocenters. The molecule has 0 aromatic heterocycles. The summed E-state index contributed by atoms with van der Waals surface area (Å²) in [5.41, 5.74) is 0.952. The highest BCUT2D eigenvalue weighted by atomic mass is 32.2. The van der Waals surface area contributed by atoms with Gasteiger partial charge in [0, 0.05) is 0 Å². The fraction of sp³-hybridized carbons (Fsp3) is 0.571. The van der Waals surface area contributed by atoms with Crippen molar-refractivity contribution in [3.05, 3.63) is 29.8 Å². The second kappa shape index (κ2) is 6.02. The van der Waals surface area contributed by atoms with Crippen LogP contribution in [0, 0.1) is 6.92 Å². The third-order valence-corrected chi connectivity index (χ3v) is 4.46. The molecule has 0 aliphatic carbocycles. The molecular formula is C14H20O6S. The molecule has 6 nitrogen and oxygen atoms in total. The smallest absolute Gasteiger partial charge is 0.297 e. The van der Waals surface area contributed by atoms with Crippen molar-refractivity contribution >= 4 is 10.1 Å². The van der Waals surface area contributed by atoms with E-state index >= 15 is 0 Å². The highest BCUT2D eigenvalue weighted by Gasteiger charge is 2.37. The van der Waals surface area contributed by atoms with Gasteiger partial charge in [0.15, 0.2) is 5.79 Å². The summed E-state index contributed by atoms with van der Waals surface area (Å²) in [6, 6.07) is 6.30. The maximum Gasteiger partial charge on any atom is 0.297 e. The van der Waals surface area contributed by atoms with E-state index < -0.39 is 28.1 Å². The fourth-order valence-electron chi connectivity index (χ4n) is 1.94. The zero-order valence-electron chi connectivity index (χ0n) is 12.3. The van der Waals surface area contributed by atoms with Gasteiger partial charge in [0.05, 0.1) is 18.1 Å². The highest BCUT2D eigenvalue weighted by Crippen LogP contribution is 2.24. The first-order valence-corrected chi connectivity index (χ1v) is 8.06. The van der Waals surface area contributed by atoms with Gasteiger partial charge in [-0.3, -0.25) is 4.18 Å². The van der Waals surface area contributed by atoms with Crippen molar-refractivity contribution in [1.82, 2.24) is 0 Å². The Morgan fingerprint density at radius 1 is 1.38 bits per heavy atom. The molecule has 1 aromatic carbocycles. The maximum absolute atomic E-state index is 12.0. The van der Waals surface area contributed by atoms with E-state index in [0.717, 1.165) is 5.56 Å². The molecule has 1 aliphatic rings. The van der Waals surface area contributed by atoms with Crippen molar-refractivity contribution in [3.63, 3.8) is 0 Å². The molecule has 0 amide bonds. The fourth-order valence-corrected chi connectivity index (χ4v) is 2.87. The molecule has 2 rings (SSSR count). The minimum Gasteiger partial charge on any atom is -0.388 e. The summed E-state index contributed by atoms with van der Waals surface area (Å²) in [5.74, 6) is -0.776. The Balaban J connectivity index is 1.94. The number of rotatable bonds is 5. The number of aryl methyl sites for hydroxylation is 1. The third-order valence-electron chi connectivity index (χ3n) is 3.16. The van der Waals surface area contributed by atoms with E-state index in [1.165, 1.54) is 12.1 Å². The number of aliphatic hydroxyl groups excluding tert-OH is 1. The first-order chi connectivity index (χ1) is 9.70. The van der Waals surface area contributed by atoms with Gasteiger partial charge in [-0.25, -0.2) is 0 Å². The van der Waals surface area contributed by atoms with Crippen molar-refractivity contribution in [2.45, 2.75) is 43.7 Å². The van der Waals surface area contributed by atoms with Gasteiger partial charge in [-0.1, -0.05) is 17.7 Å². The summed E-state index contributed by atoms with van der Waals surface area (Å²) in [4.78, 5) is 0.0595. The van der Waals surface area contributed by atoms with Crippen LogP contribution in [0.4, 0.5) is 0 Å². The Kier molecular flexibility index (Phi) is 4.69. The summed E-state index contributed by atoms with van der Waals surface area (Å²) in [6.07, 6.45) is -1.68. The van der Waals surface area contributed by atoms with E-state index in [2.05, 4.69) is 0 Å². The molecule has 1 saturated heterocycles. The van der Waals surface area contributed by atoms with Crippen LogP contribution in [0.25, 0.3) is 0 Å². The number of hydrogen-bond donors (Lipinski definition) is 1. The summed E-state index contributed by atoms with van der Waals surface area (Å²) in [7, 11) is -3.89. The Morgan fingerprint density at radius 3 is 2.52 bits per heavy atom. The SMILES string of the molecule is Cc1ccc(S(=O)(=O)OC[C@H](O)[C@H]2COC(C)(C)O2)cc1. The van der Waals surface area contributed by atoms with Crippen molar-refractivity contribution < 1.29 is 27.2 Å². The lowest BCUT2D eigenvalue weighted by Crippen LogP contribution is -2.34. The molecular weight excluding hydrogens is 296 g/mol. The van der Waals surface area contributed by atoms with E-state index in [-0.39, 0.29) is 18.1 Å². The van der Waals surface area contributed by atoms with Gasteiger partial charge >= 0.3 is 0 Å². The topological polar surface area (TPSA) is 82.1 Å². The average molecular weight is 316 g/mol. The molecule has 1 aliphatic heterocycles. The monoisotopic (exact) mass is 316 g/mol. The molecule has 1 heterocycles.